The molecule has 0 aliphatic carbocycles. The van der Waals surface area contributed by atoms with Gasteiger partial charge >= 0.3 is 0 Å². The molecule has 3 rings (SSSR count). The van der Waals surface area contributed by atoms with Crippen LogP contribution in [0.2, 0.25) is 0 Å². The lowest BCUT2D eigenvalue weighted by atomic mass is 10.1. The molecule has 132 valence electrons. The Balaban J connectivity index is 1.58. The summed E-state index contributed by atoms with van der Waals surface area (Å²) in [4.78, 5) is 14.4. The summed E-state index contributed by atoms with van der Waals surface area (Å²) < 4.78 is 32.0. The van der Waals surface area contributed by atoms with E-state index in [1.165, 1.54) is 6.07 Å². The molecule has 0 bridgehead atoms. The number of carbonyl (C=O) groups is 1. The second kappa shape index (κ2) is 7.74. The first-order valence-corrected chi connectivity index (χ1v) is 8.44. The average molecular weight is 345 g/mol. The maximum Gasteiger partial charge on any atom is 0.253 e. The summed E-state index contributed by atoms with van der Waals surface area (Å²) in [6.07, 6.45) is 1.61. The van der Waals surface area contributed by atoms with Crippen LogP contribution in [0.4, 0.5) is 8.78 Å². The van der Waals surface area contributed by atoms with E-state index in [-0.39, 0.29) is 18.6 Å². The summed E-state index contributed by atoms with van der Waals surface area (Å²) in [5.41, 5.74) is 2.37. The molecule has 1 aliphatic heterocycles. The van der Waals surface area contributed by atoms with Crippen LogP contribution in [0.25, 0.3) is 0 Å². The highest BCUT2D eigenvalue weighted by molar-refractivity contribution is 5.94. The van der Waals surface area contributed by atoms with E-state index in [0.717, 1.165) is 30.5 Å². The van der Waals surface area contributed by atoms with Crippen LogP contribution in [-0.2, 0) is 11.3 Å². The lowest BCUT2D eigenvalue weighted by molar-refractivity contribution is -0.00682. The first-order chi connectivity index (χ1) is 12.0. The quantitative estimate of drug-likeness (QED) is 0.835. The minimum atomic E-state index is -0.874. The molecule has 1 fully saturated rings. The number of carbonyl (C=O) groups excluding carboxylic acids is 1. The van der Waals surface area contributed by atoms with Gasteiger partial charge in [-0.05, 0) is 49.6 Å². The van der Waals surface area contributed by atoms with Gasteiger partial charge in [-0.1, -0.05) is 23.8 Å². The van der Waals surface area contributed by atoms with Crippen molar-refractivity contribution in [2.45, 2.75) is 32.5 Å². The van der Waals surface area contributed by atoms with Gasteiger partial charge in [0.25, 0.3) is 5.91 Å². The van der Waals surface area contributed by atoms with Crippen LogP contribution in [0.3, 0.4) is 0 Å². The second-order valence-electron chi connectivity index (χ2n) is 6.44. The number of benzene rings is 2. The number of likely N-dealkylation sites (tertiary alicyclic amines) is 1. The number of piperidine rings is 1. The first kappa shape index (κ1) is 17.5. The molecule has 1 saturated heterocycles. The van der Waals surface area contributed by atoms with Gasteiger partial charge in [0.2, 0.25) is 0 Å². The van der Waals surface area contributed by atoms with Crippen LogP contribution in [0.5, 0.6) is 0 Å². The Morgan fingerprint density at radius 2 is 1.92 bits per heavy atom. The molecule has 1 aliphatic rings. The Labute approximate surface area is 146 Å². The molecule has 0 spiro atoms. The topological polar surface area (TPSA) is 29.5 Å². The fourth-order valence-corrected chi connectivity index (χ4v) is 2.98. The molecule has 3 nitrogen and oxygen atoms in total. The molecule has 0 aromatic heterocycles. The van der Waals surface area contributed by atoms with Crippen LogP contribution in [-0.4, -0.2) is 30.0 Å². The molecule has 2 aromatic carbocycles. The van der Waals surface area contributed by atoms with Crippen molar-refractivity contribution < 1.29 is 18.3 Å². The van der Waals surface area contributed by atoms with E-state index < -0.39 is 11.6 Å². The zero-order valence-corrected chi connectivity index (χ0v) is 14.2. The van der Waals surface area contributed by atoms with Crippen molar-refractivity contribution in [3.05, 3.63) is 70.8 Å². The number of amides is 1. The Morgan fingerprint density at radius 1 is 1.16 bits per heavy atom. The van der Waals surface area contributed by atoms with Crippen molar-refractivity contribution in [3.8, 4) is 0 Å². The SMILES string of the molecule is Cc1ccc(C(=O)N2CCC[C@@H](OCc3ccc(F)c(F)c3)C2)cc1. The summed E-state index contributed by atoms with van der Waals surface area (Å²) in [6.45, 7) is 3.40. The third-order valence-electron chi connectivity index (χ3n) is 4.43. The highest BCUT2D eigenvalue weighted by atomic mass is 19.2. The summed E-state index contributed by atoms with van der Waals surface area (Å²) in [5.74, 6) is -1.74. The summed E-state index contributed by atoms with van der Waals surface area (Å²) in [5, 5.41) is 0. The minimum absolute atomic E-state index is 0.00104. The van der Waals surface area contributed by atoms with Gasteiger partial charge in [-0.2, -0.15) is 0 Å². The molecule has 0 saturated carbocycles. The van der Waals surface area contributed by atoms with Gasteiger partial charge in [-0.3, -0.25) is 4.79 Å². The fourth-order valence-electron chi connectivity index (χ4n) is 2.98. The van der Waals surface area contributed by atoms with Crippen LogP contribution >= 0.6 is 0 Å². The second-order valence-corrected chi connectivity index (χ2v) is 6.44. The molecule has 0 radical (unpaired) electrons. The normalized spacial score (nSPS) is 17.6. The number of aryl methyl sites for hydroxylation is 1. The molecular formula is C20H21F2NO2. The van der Waals surface area contributed by atoms with Gasteiger partial charge in [0, 0.05) is 18.7 Å². The van der Waals surface area contributed by atoms with E-state index in [9.17, 15) is 13.6 Å². The van der Waals surface area contributed by atoms with Crippen molar-refractivity contribution in [2.24, 2.45) is 0 Å². The van der Waals surface area contributed by atoms with Crippen LogP contribution in [0.15, 0.2) is 42.5 Å². The molecule has 1 amide bonds. The molecule has 1 atom stereocenters. The maximum absolute atomic E-state index is 13.2. The highest BCUT2D eigenvalue weighted by Gasteiger charge is 2.25. The summed E-state index contributed by atoms with van der Waals surface area (Å²) in [6, 6.07) is 11.3. The number of rotatable bonds is 4. The zero-order valence-electron chi connectivity index (χ0n) is 14.2. The molecule has 1 heterocycles. The number of hydrogen-bond donors (Lipinski definition) is 0. The predicted octanol–water partition coefficient (Wildman–Crippen LogP) is 4.09. The summed E-state index contributed by atoms with van der Waals surface area (Å²) >= 11 is 0. The summed E-state index contributed by atoms with van der Waals surface area (Å²) in [7, 11) is 0. The van der Waals surface area contributed by atoms with Gasteiger partial charge in [-0.25, -0.2) is 8.78 Å². The van der Waals surface area contributed by atoms with E-state index in [4.69, 9.17) is 4.74 Å². The predicted molar refractivity (Wildman–Crippen MR) is 91.3 cm³/mol. The Hall–Kier alpha value is -2.27. The van der Waals surface area contributed by atoms with Gasteiger partial charge in [-0.15, -0.1) is 0 Å². The molecular weight excluding hydrogens is 324 g/mol. The van der Waals surface area contributed by atoms with Crippen molar-refractivity contribution in [3.63, 3.8) is 0 Å². The third-order valence-corrected chi connectivity index (χ3v) is 4.43. The van der Waals surface area contributed by atoms with Gasteiger partial charge in [0.1, 0.15) is 0 Å². The van der Waals surface area contributed by atoms with Gasteiger partial charge in [0.05, 0.1) is 12.7 Å². The Bertz CT molecular complexity index is 746. The molecule has 0 unspecified atom stereocenters. The fraction of sp³-hybridized carbons (Fsp3) is 0.350. The van der Waals surface area contributed by atoms with Crippen molar-refractivity contribution in [1.29, 1.82) is 0 Å². The number of halogens is 2. The standard InChI is InChI=1S/C20H21F2NO2/c1-14-4-7-16(8-5-14)20(24)23-10-2-3-17(12-23)25-13-15-6-9-18(21)19(22)11-15/h4-9,11,17H,2-3,10,12-13H2,1H3/t17-/m1/s1. The van der Waals surface area contributed by atoms with Crippen LogP contribution in [0.1, 0.15) is 34.3 Å². The van der Waals surface area contributed by atoms with E-state index in [2.05, 4.69) is 0 Å². The number of ether oxygens (including phenoxy) is 1. The van der Waals surface area contributed by atoms with Gasteiger partial charge in [0.15, 0.2) is 11.6 Å². The number of nitrogens with zero attached hydrogens (tertiary/aromatic N) is 1. The first-order valence-electron chi connectivity index (χ1n) is 8.44. The van der Waals surface area contributed by atoms with Crippen LogP contribution < -0.4 is 0 Å². The molecule has 2 aromatic rings. The molecule has 25 heavy (non-hydrogen) atoms. The lowest BCUT2D eigenvalue weighted by Gasteiger charge is -2.32. The zero-order chi connectivity index (χ0) is 17.8. The van der Waals surface area contributed by atoms with Crippen molar-refractivity contribution in [1.82, 2.24) is 4.90 Å². The highest BCUT2D eigenvalue weighted by Crippen LogP contribution is 2.18. The largest absolute Gasteiger partial charge is 0.372 e. The number of hydrogen-bond acceptors (Lipinski definition) is 2. The Morgan fingerprint density at radius 3 is 2.64 bits per heavy atom. The van der Waals surface area contributed by atoms with E-state index >= 15 is 0 Å². The third kappa shape index (κ3) is 4.42. The smallest absolute Gasteiger partial charge is 0.253 e. The van der Waals surface area contributed by atoms with E-state index in [1.807, 2.05) is 31.2 Å². The Kier molecular flexibility index (Phi) is 5.43. The maximum atomic E-state index is 13.2. The van der Waals surface area contributed by atoms with E-state index in [1.54, 1.807) is 4.90 Å². The van der Waals surface area contributed by atoms with Crippen LogP contribution in [0, 0.1) is 18.6 Å². The average Bonchev–Trinajstić information content (AvgIpc) is 2.63. The van der Waals surface area contributed by atoms with Crippen molar-refractivity contribution >= 4 is 5.91 Å². The van der Waals surface area contributed by atoms with Crippen molar-refractivity contribution in [2.75, 3.05) is 13.1 Å². The van der Waals surface area contributed by atoms with Gasteiger partial charge < -0.3 is 9.64 Å². The lowest BCUT2D eigenvalue weighted by Crippen LogP contribution is -2.43. The molecule has 5 heteroatoms. The monoisotopic (exact) mass is 345 g/mol. The molecule has 0 N–H and O–H groups in total. The van der Waals surface area contributed by atoms with E-state index in [0.29, 0.717) is 24.2 Å². The minimum Gasteiger partial charge on any atom is -0.372 e.